The number of fused-ring (bicyclic) bond motifs is 2. The SMILES string of the molecule is CN(C)CC/C(Br)=C1/c2ccccc2Sc2ccc(Cl)cc21.CS(=O)(=O)O. The van der Waals surface area contributed by atoms with Crippen molar-refractivity contribution in [2.75, 3.05) is 26.9 Å². The van der Waals surface area contributed by atoms with Crippen molar-refractivity contribution in [3.05, 3.63) is 63.1 Å². The predicted molar refractivity (Wildman–Crippen MR) is 118 cm³/mol. The van der Waals surface area contributed by atoms with Crippen molar-refractivity contribution in [2.45, 2.75) is 16.2 Å². The van der Waals surface area contributed by atoms with E-state index < -0.39 is 10.1 Å². The van der Waals surface area contributed by atoms with E-state index in [0.717, 1.165) is 18.0 Å². The van der Waals surface area contributed by atoms with Crippen LogP contribution in [0.2, 0.25) is 5.02 Å². The molecule has 1 aliphatic rings. The summed E-state index contributed by atoms with van der Waals surface area (Å²) in [5, 5.41) is 0.782. The van der Waals surface area contributed by atoms with Crippen LogP contribution in [0.3, 0.4) is 0 Å². The summed E-state index contributed by atoms with van der Waals surface area (Å²) in [4.78, 5) is 4.76. The summed E-state index contributed by atoms with van der Waals surface area (Å²) in [6.07, 6.45) is 1.69. The molecule has 1 aliphatic heterocycles. The van der Waals surface area contributed by atoms with Crippen LogP contribution in [0.25, 0.3) is 5.57 Å². The van der Waals surface area contributed by atoms with Crippen molar-refractivity contribution in [3.63, 3.8) is 0 Å². The lowest BCUT2D eigenvalue weighted by Crippen LogP contribution is -2.13. The van der Waals surface area contributed by atoms with Gasteiger partial charge in [-0.05, 0) is 55.9 Å². The van der Waals surface area contributed by atoms with Crippen LogP contribution in [0.1, 0.15) is 17.5 Å². The third kappa shape index (κ3) is 6.93. The fraction of sp³-hybridized carbons (Fsp3) is 0.263. The molecular weight excluding hydrogens is 470 g/mol. The third-order valence-electron chi connectivity index (χ3n) is 3.64. The smallest absolute Gasteiger partial charge is 0.261 e. The van der Waals surface area contributed by atoms with E-state index in [1.807, 2.05) is 17.8 Å². The Morgan fingerprint density at radius 3 is 2.37 bits per heavy atom. The largest absolute Gasteiger partial charge is 0.309 e. The van der Waals surface area contributed by atoms with Gasteiger partial charge in [0.05, 0.1) is 6.26 Å². The maximum Gasteiger partial charge on any atom is 0.261 e. The fourth-order valence-corrected chi connectivity index (χ4v) is 4.40. The Kier molecular flexibility index (Phi) is 7.97. The molecule has 3 rings (SSSR count). The lowest BCUT2D eigenvalue weighted by Gasteiger charge is -2.24. The standard InChI is InChI=1S/C18H17BrClNS.CH4O3S/c1-21(2)10-9-15(19)18-13-5-3-4-6-16(13)22-17-8-7-12(20)11-14(17)18;1-5(2,3)4/h3-8,11H,9-10H2,1-2H3;1H3,(H,2,3,4)/b18-15+;. The number of hydrogen-bond acceptors (Lipinski definition) is 4. The molecule has 1 N–H and O–H groups in total. The zero-order valence-corrected chi connectivity index (χ0v) is 19.2. The maximum absolute atomic E-state index is 9.19. The number of halogens is 2. The van der Waals surface area contributed by atoms with Crippen molar-refractivity contribution in [1.82, 2.24) is 4.90 Å². The van der Waals surface area contributed by atoms with Crippen LogP contribution in [0.15, 0.2) is 56.7 Å². The van der Waals surface area contributed by atoms with Crippen molar-refractivity contribution >= 4 is 55.0 Å². The quantitative estimate of drug-likeness (QED) is 0.497. The molecule has 146 valence electrons. The summed E-state index contributed by atoms with van der Waals surface area (Å²) in [6.45, 7) is 1.01. The van der Waals surface area contributed by atoms with E-state index in [0.29, 0.717) is 6.26 Å². The Hall–Kier alpha value is -0.830. The average molecular weight is 491 g/mol. The average Bonchev–Trinajstić information content (AvgIpc) is 2.56. The second-order valence-corrected chi connectivity index (χ2v) is 10.2. The van der Waals surface area contributed by atoms with Crippen molar-refractivity contribution in [3.8, 4) is 0 Å². The van der Waals surface area contributed by atoms with E-state index in [1.165, 1.54) is 31.0 Å². The van der Waals surface area contributed by atoms with Gasteiger partial charge in [-0.1, -0.05) is 57.5 Å². The summed E-state index contributed by atoms with van der Waals surface area (Å²) in [5.41, 5.74) is 3.78. The molecule has 0 atom stereocenters. The molecule has 0 aliphatic carbocycles. The van der Waals surface area contributed by atoms with E-state index in [4.69, 9.17) is 16.2 Å². The van der Waals surface area contributed by atoms with Crippen LogP contribution in [0, 0.1) is 0 Å². The minimum atomic E-state index is -3.67. The third-order valence-corrected chi connectivity index (χ3v) is 5.82. The van der Waals surface area contributed by atoms with Gasteiger partial charge < -0.3 is 4.90 Å². The Balaban J connectivity index is 0.000000465. The first-order valence-electron chi connectivity index (χ1n) is 8.09. The summed E-state index contributed by atoms with van der Waals surface area (Å²) in [5.74, 6) is 0. The molecule has 2 aromatic rings. The normalized spacial score (nSPS) is 14.8. The molecule has 27 heavy (non-hydrogen) atoms. The van der Waals surface area contributed by atoms with Crippen LogP contribution in [0.4, 0.5) is 0 Å². The van der Waals surface area contributed by atoms with Crippen molar-refractivity contribution in [2.24, 2.45) is 0 Å². The van der Waals surface area contributed by atoms with Gasteiger partial charge in [-0.2, -0.15) is 8.42 Å². The molecule has 0 radical (unpaired) electrons. The van der Waals surface area contributed by atoms with Gasteiger partial charge in [0.2, 0.25) is 0 Å². The van der Waals surface area contributed by atoms with Crippen LogP contribution in [-0.4, -0.2) is 44.8 Å². The molecule has 0 amide bonds. The van der Waals surface area contributed by atoms with Gasteiger partial charge in [0.15, 0.2) is 0 Å². The zero-order valence-electron chi connectivity index (χ0n) is 15.2. The highest BCUT2D eigenvalue weighted by atomic mass is 79.9. The molecule has 8 heteroatoms. The van der Waals surface area contributed by atoms with Gasteiger partial charge in [-0.25, -0.2) is 0 Å². The zero-order chi connectivity index (χ0) is 20.2. The van der Waals surface area contributed by atoms with Gasteiger partial charge in [0.25, 0.3) is 10.1 Å². The number of hydrogen-bond donors (Lipinski definition) is 1. The molecule has 0 saturated carbocycles. The molecule has 4 nitrogen and oxygen atoms in total. The first-order chi connectivity index (χ1) is 12.6. The van der Waals surface area contributed by atoms with Gasteiger partial charge >= 0.3 is 0 Å². The van der Waals surface area contributed by atoms with E-state index in [-0.39, 0.29) is 0 Å². The second kappa shape index (κ2) is 9.58. The lowest BCUT2D eigenvalue weighted by atomic mass is 9.96. The van der Waals surface area contributed by atoms with Gasteiger partial charge in [0, 0.05) is 31.4 Å². The van der Waals surface area contributed by atoms with Crippen LogP contribution in [0.5, 0.6) is 0 Å². The highest BCUT2D eigenvalue weighted by molar-refractivity contribution is 9.11. The first kappa shape index (κ1) is 22.5. The molecule has 2 aromatic carbocycles. The minimum absolute atomic E-state index is 0.715. The molecule has 0 bridgehead atoms. The summed E-state index contributed by atoms with van der Waals surface area (Å²) >= 11 is 11.9. The molecule has 0 unspecified atom stereocenters. The van der Waals surface area contributed by atoms with Crippen molar-refractivity contribution < 1.29 is 13.0 Å². The van der Waals surface area contributed by atoms with Gasteiger partial charge in [-0.15, -0.1) is 0 Å². The molecule has 0 aromatic heterocycles. The molecule has 0 spiro atoms. The monoisotopic (exact) mass is 489 g/mol. The molecule has 1 heterocycles. The second-order valence-electron chi connectivity index (χ2n) is 6.30. The Morgan fingerprint density at radius 1 is 1.15 bits per heavy atom. The summed E-state index contributed by atoms with van der Waals surface area (Å²) in [6, 6.07) is 14.7. The van der Waals surface area contributed by atoms with E-state index in [9.17, 15) is 8.42 Å². The number of rotatable bonds is 3. The predicted octanol–water partition coefficient (Wildman–Crippen LogP) is 5.41. The molecular formula is C19H21BrClNO3S2. The fourth-order valence-electron chi connectivity index (χ4n) is 2.55. The van der Waals surface area contributed by atoms with Crippen LogP contribution in [-0.2, 0) is 10.1 Å². The summed E-state index contributed by atoms with van der Waals surface area (Å²) in [7, 11) is 0.529. The lowest BCUT2D eigenvalue weighted by molar-refractivity contribution is 0.416. The highest BCUT2D eigenvalue weighted by Crippen LogP contribution is 2.48. The van der Waals surface area contributed by atoms with Crippen LogP contribution < -0.4 is 0 Å². The molecule has 0 saturated heterocycles. The van der Waals surface area contributed by atoms with E-state index >= 15 is 0 Å². The van der Waals surface area contributed by atoms with Crippen LogP contribution >= 0.6 is 39.3 Å². The van der Waals surface area contributed by atoms with Gasteiger partial charge in [-0.3, -0.25) is 4.55 Å². The Morgan fingerprint density at radius 2 is 1.74 bits per heavy atom. The Bertz CT molecular complexity index is 951. The van der Waals surface area contributed by atoms with E-state index in [2.05, 4.69) is 71.3 Å². The van der Waals surface area contributed by atoms with E-state index in [1.54, 1.807) is 0 Å². The summed E-state index contributed by atoms with van der Waals surface area (Å²) < 4.78 is 27.1. The first-order valence-corrected chi connectivity index (χ1v) is 11.9. The van der Waals surface area contributed by atoms with Gasteiger partial charge in [0.1, 0.15) is 0 Å². The minimum Gasteiger partial charge on any atom is -0.309 e. The van der Waals surface area contributed by atoms with Crippen molar-refractivity contribution in [1.29, 1.82) is 0 Å². The number of nitrogens with zero attached hydrogens (tertiary/aromatic N) is 1. The highest BCUT2D eigenvalue weighted by Gasteiger charge is 2.23. The topological polar surface area (TPSA) is 57.6 Å². The number of benzene rings is 2. The molecule has 0 fully saturated rings. The Labute approximate surface area is 178 Å². The maximum atomic E-state index is 9.19.